The van der Waals surface area contributed by atoms with Gasteiger partial charge in [0.05, 0.1) is 22.1 Å². The molecule has 0 saturated heterocycles. The van der Waals surface area contributed by atoms with Gasteiger partial charge in [-0.05, 0) is 251 Å². The molecule has 21 heteroatoms. The molecule has 6 nitrogen and oxygen atoms in total. The Morgan fingerprint density at radius 1 is 0.405 bits per heavy atom. The minimum atomic E-state index is -0.0927. The maximum atomic E-state index is 12.5. The van der Waals surface area contributed by atoms with Crippen LogP contribution in [-0.2, 0) is 73.9 Å². The number of ether oxygens (including phenoxy) is 1. The third kappa shape index (κ3) is 47.7. The lowest BCUT2D eigenvalue weighted by molar-refractivity contribution is -0.191. The number of ketones is 1. The van der Waals surface area contributed by atoms with Crippen LogP contribution in [0.4, 0.5) is 4.39 Å². The van der Waals surface area contributed by atoms with Crippen molar-refractivity contribution in [3.05, 3.63) is 233 Å². The van der Waals surface area contributed by atoms with Crippen molar-refractivity contribution in [2.75, 3.05) is 0 Å². The largest absolute Gasteiger partial charge is 0.418 e. The first-order valence-electron chi connectivity index (χ1n) is 38.7. The minimum Gasteiger partial charge on any atom is -0.418 e. The van der Waals surface area contributed by atoms with Gasteiger partial charge >= 0.3 is 6.15 Å². The zero-order valence-electron chi connectivity index (χ0n) is 76.9. The maximum Gasteiger partial charge on any atom is 0.373 e. The second kappa shape index (κ2) is 50.2. The van der Waals surface area contributed by atoms with Gasteiger partial charge < -0.3 is 4.74 Å². The van der Waals surface area contributed by atoms with E-state index in [2.05, 4.69) is 353 Å². The van der Waals surface area contributed by atoms with E-state index in [0.29, 0.717) is 44.0 Å². The average molecular weight is 1990 g/mol. The third-order valence-corrected chi connectivity index (χ3v) is 32.5. The molecule has 0 radical (unpaired) electrons. The first-order valence-corrected chi connectivity index (χ1v) is 49.4. The van der Waals surface area contributed by atoms with Gasteiger partial charge in [0.2, 0.25) is 0 Å². The van der Waals surface area contributed by atoms with Gasteiger partial charge in [0.1, 0.15) is 0 Å². The Kier molecular flexibility index (Phi) is 47.7. The van der Waals surface area contributed by atoms with Gasteiger partial charge in [-0.1, -0.05) is 252 Å². The molecular weight excluding hydrogens is 1850 g/mol. The molecule has 0 aromatic carbocycles. The van der Waals surface area contributed by atoms with Crippen LogP contribution < -0.4 is 4.74 Å². The van der Waals surface area contributed by atoms with E-state index in [1.165, 1.54) is 93.9 Å². The van der Waals surface area contributed by atoms with E-state index in [1.54, 1.807) is 52.3 Å². The van der Waals surface area contributed by atoms with Crippen LogP contribution in [0, 0.1) is 21.9 Å². The quantitative estimate of drug-likeness (QED) is 0.0990. The number of carbonyl (C=O) groups excluding carboxylic acids is 5. The molecule has 11 aromatic heterocycles. The SMILES string of the molecule is CC(=O)c1ccc(C(C)(C)C)s1.CC(C)(C)c1ccc(Br)s1.CC(C)(C)c1ccc(C=O)s1.CC(C)(C)c1ccc(Cl)s1.CC(C)(C)c1ccc(I)s1.CC(C)(C)c1ccc(OC=O)s1.CC(C)(C)c1ccc([18F])s1.CC(C)(C)c1cccs1.Cc1ccc(C(C)(C)C)s1.Cc1ccc(C(C)(C)C)s1.O=C=O.[3H]c1ccc(C(C)(C)C)s1. The van der Waals surface area contributed by atoms with Crippen molar-refractivity contribution in [2.24, 2.45) is 0 Å². The second-order valence-electron chi connectivity index (χ2n) is 38.3. The lowest BCUT2D eigenvalue weighted by Crippen LogP contribution is -2.07. The van der Waals surface area contributed by atoms with E-state index in [1.807, 2.05) is 117 Å². The Labute approximate surface area is 773 Å². The lowest BCUT2D eigenvalue weighted by Gasteiger charge is -2.15. The Hall–Kier alpha value is -3.68. The van der Waals surface area contributed by atoms with Crippen LogP contribution in [-0.4, -0.2) is 24.7 Å². The summed E-state index contributed by atoms with van der Waals surface area (Å²) in [5.41, 5.74) is 2.66. The predicted molar refractivity (Wildman–Crippen MR) is 535 cm³/mol. The van der Waals surface area contributed by atoms with Crippen LogP contribution in [0.15, 0.2) is 148 Å². The Bertz CT molecular complexity index is 4130. The van der Waals surface area contributed by atoms with Crippen molar-refractivity contribution < 1.29 is 34.5 Å². The summed E-state index contributed by atoms with van der Waals surface area (Å²) in [4.78, 5) is 66.9. The van der Waals surface area contributed by atoms with Crippen molar-refractivity contribution in [3.63, 3.8) is 0 Å². The lowest BCUT2D eigenvalue weighted by atomic mass is 9.95. The second-order valence-corrected chi connectivity index (χ2v) is 54.2. The molecule has 11 heterocycles. The molecule has 644 valence electrons. The molecule has 116 heavy (non-hydrogen) atoms. The van der Waals surface area contributed by atoms with Gasteiger partial charge in [0.15, 0.2) is 22.3 Å². The van der Waals surface area contributed by atoms with E-state index in [4.69, 9.17) is 27.3 Å². The predicted octanol–water partition coefficient (Wildman–Crippen LogP) is 35.2. The first-order chi connectivity index (χ1) is 53.0. The molecular formula is C95H134BrClFIO6S11. The summed E-state index contributed by atoms with van der Waals surface area (Å²) < 4.78 is 28.0. The van der Waals surface area contributed by atoms with Crippen molar-refractivity contribution >= 4 is 200 Å². The summed E-state index contributed by atoms with van der Waals surface area (Å²) in [6, 6.07) is 44.7. The number of Topliss-reactive ketones (excluding diaryl/α,β-unsaturated/α-hetero) is 1. The van der Waals surface area contributed by atoms with Gasteiger partial charge in [0, 0.05) is 63.4 Å². The summed E-state index contributed by atoms with van der Waals surface area (Å²) >= 11 is 30.0. The van der Waals surface area contributed by atoms with Crippen LogP contribution in [0.2, 0.25) is 4.34 Å². The van der Waals surface area contributed by atoms with Crippen molar-refractivity contribution in [2.45, 2.75) is 309 Å². The monoisotopic (exact) mass is 1980 g/mol. The summed E-state index contributed by atoms with van der Waals surface area (Å²) in [7, 11) is 0. The van der Waals surface area contributed by atoms with Crippen LogP contribution in [0.1, 0.15) is 320 Å². The highest BCUT2D eigenvalue weighted by Gasteiger charge is 2.23. The number of halogens is 4. The molecule has 0 spiro atoms. The molecule has 0 saturated carbocycles. The Balaban J connectivity index is 0.00000126. The molecule has 0 aliphatic rings. The van der Waals surface area contributed by atoms with E-state index in [0.717, 1.165) is 25.3 Å². The van der Waals surface area contributed by atoms with Gasteiger partial charge in [-0.3, -0.25) is 14.4 Å². The number of hydrogen-bond donors (Lipinski definition) is 0. The van der Waals surface area contributed by atoms with E-state index < -0.39 is 0 Å². The highest BCUT2D eigenvalue weighted by molar-refractivity contribution is 14.1. The van der Waals surface area contributed by atoms with Crippen molar-refractivity contribution in [1.82, 2.24) is 0 Å². The molecule has 11 aromatic rings. The number of rotatable bonds is 4. The van der Waals surface area contributed by atoms with Gasteiger partial charge in [0.25, 0.3) is 6.47 Å². The minimum absolute atomic E-state index is 0.0923. The molecule has 0 bridgehead atoms. The van der Waals surface area contributed by atoms with Crippen LogP contribution in [0.25, 0.3) is 0 Å². The van der Waals surface area contributed by atoms with E-state index in [-0.39, 0.29) is 49.6 Å². The number of carbonyl (C=O) groups is 3. The van der Waals surface area contributed by atoms with E-state index >= 15 is 0 Å². The fraction of sp³-hybridized carbons (Fsp3) is 0.495. The molecule has 0 N–H and O–H groups in total. The summed E-state index contributed by atoms with van der Waals surface area (Å²) in [6.07, 6.45) is 1.15. The van der Waals surface area contributed by atoms with Gasteiger partial charge in [-0.25, -0.2) is 0 Å². The topological polar surface area (TPSA) is 94.6 Å². The normalized spacial score (nSPS) is 11.7. The van der Waals surface area contributed by atoms with E-state index in [9.17, 15) is 18.8 Å². The first kappa shape index (κ1) is 110. The van der Waals surface area contributed by atoms with Crippen LogP contribution >= 0.6 is 175 Å². The highest BCUT2D eigenvalue weighted by atomic mass is 127. The van der Waals surface area contributed by atoms with Crippen molar-refractivity contribution in [1.29, 1.82) is 0 Å². The Morgan fingerprint density at radius 3 is 0.957 bits per heavy atom. The van der Waals surface area contributed by atoms with Gasteiger partial charge in [-0.15, -0.1) is 125 Å². The summed E-state index contributed by atoms with van der Waals surface area (Å²) in [5.74, 6) is 0.163. The third-order valence-electron chi connectivity index (χ3n) is 15.3. The van der Waals surface area contributed by atoms with Crippen molar-refractivity contribution in [3.8, 4) is 5.06 Å². The smallest absolute Gasteiger partial charge is 0.373 e. The van der Waals surface area contributed by atoms with Crippen LogP contribution in [0.5, 0.6) is 5.06 Å². The fourth-order valence-electron chi connectivity index (χ4n) is 8.48. The number of aryl methyl sites for hydroxylation is 2. The van der Waals surface area contributed by atoms with Gasteiger partial charge in [-0.2, -0.15) is 14.0 Å². The molecule has 0 aliphatic carbocycles. The average Bonchev–Trinajstić information content (AvgIpc) is 1.71. The standard InChI is InChI=1S/C10H14OS.C9H12O2S.C9H12OS.2C9H14S.C8H11BrS.C8H11ClS.C8H11FS.C8H11IS.2C8H12S.CO2/c1-7(11)8-5-6-9(12-8)10(2,3)4;1-9(2,3)7-4-5-8(12-7)11-6-10;1-9(2,3)8-5-4-7(6-10)11-8;2*1-7-5-6-8(10-7)9(2,3)4;4*1-8(2,3)6-4-5-7(9)10-6;2*1-8(2,3)7-5-4-6-9-7;2-1-3/h5-6H,1-4H3;4-6H,1-3H3;4-6H,1-3H3;2*5-6H,1-4H3;4*4-5H,1-3H3;2*4-6H,1-3H3;/i;;;;;;;9-1;;6T;;. The summed E-state index contributed by atoms with van der Waals surface area (Å²) in [5, 5.41) is 3.35. The zero-order valence-corrected chi connectivity index (χ0v) is 89.4. The number of thiophene rings is 11. The molecule has 0 unspecified atom stereocenters. The van der Waals surface area contributed by atoms with Crippen LogP contribution in [0.3, 0.4) is 0 Å². The zero-order chi connectivity index (χ0) is 91.1. The number of aldehydes is 1. The maximum absolute atomic E-state index is 12.5. The number of hydrogen-bond acceptors (Lipinski definition) is 17. The molecule has 0 amide bonds. The molecule has 0 atom stereocenters. The Morgan fingerprint density at radius 2 is 0.741 bits per heavy atom. The highest BCUT2D eigenvalue weighted by Crippen LogP contribution is 2.38. The molecule has 11 rings (SSSR count). The molecule has 0 fully saturated rings. The summed E-state index contributed by atoms with van der Waals surface area (Å²) in [6.45, 7) is 78.6. The fourth-order valence-corrected chi connectivity index (χ4v) is 19.6. The molecule has 0 aliphatic heterocycles.